The first-order valence-corrected chi connectivity index (χ1v) is 12.5. The number of carbonyl (C=O) groups is 1. The number of nitrogens with one attached hydrogen (secondary N) is 1. The van der Waals surface area contributed by atoms with Crippen LogP contribution < -0.4 is 5.43 Å². The van der Waals surface area contributed by atoms with Crippen molar-refractivity contribution in [3.05, 3.63) is 110 Å². The normalized spacial score (nSPS) is 14.8. The van der Waals surface area contributed by atoms with E-state index in [9.17, 15) is 23.5 Å². The van der Waals surface area contributed by atoms with Crippen LogP contribution in [0.1, 0.15) is 35.6 Å². The Morgan fingerprint density at radius 3 is 2.36 bits per heavy atom. The highest BCUT2D eigenvalue weighted by atomic mass is 32.2. The molecular formula is C27H22FN3O4S. The fourth-order valence-corrected chi connectivity index (χ4v) is 4.48. The number of nitro benzene ring substituents is 1. The monoisotopic (exact) mass is 503 g/mol. The van der Waals surface area contributed by atoms with Gasteiger partial charge < -0.3 is 0 Å². The summed E-state index contributed by atoms with van der Waals surface area (Å²) in [4.78, 5) is 23.6. The molecule has 0 spiro atoms. The maximum absolute atomic E-state index is 14.1. The van der Waals surface area contributed by atoms with E-state index in [1.165, 1.54) is 42.6 Å². The number of hydrogen-bond donors (Lipinski definition) is 1. The molecule has 0 radical (unpaired) electrons. The maximum Gasteiger partial charge on any atom is 0.269 e. The number of benzene rings is 3. The highest BCUT2D eigenvalue weighted by Gasteiger charge is 2.25. The second-order valence-corrected chi connectivity index (χ2v) is 9.57. The maximum atomic E-state index is 14.1. The van der Waals surface area contributed by atoms with E-state index >= 15 is 0 Å². The van der Waals surface area contributed by atoms with Gasteiger partial charge in [-0.1, -0.05) is 18.2 Å². The van der Waals surface area contributed by atoms with Crippen LogP contribution in [-0.2, 0) is 15.6 Å². The molecule has 0 aliphatic heterocycles. The van der Waals surface area contributed by atoms with Gasteiger partial charge in [-0.15, -0.1) is 0 Å². The molecule has 0 heterocycles. The largest absolute Gasteiger partial charge is 0.273 e. The fraction of sp³-hybridized carbons (Fsp3) is 0.111. The number of nitro groups is 1. The van der Waals surface area contributed by atoms with Crippen LogP contribution in [0.4, 0.5) is 10.1 Å². The standard InChI is InChI=1S/C27H22FN3O4S/c1-17-24(13-18-5-10-22(11-6-18)36(2)35)23-12-7-20(28)14-26(23)25(17)15-27(32)30-29-16-19-3-8-21(9-4-19)31(33)34/h3-14,16H,15H2,1-2H3,(H,30,32)/b24-13-,29-16?. The van der Waals surface area contributed by atoms with Gasteiger partial charge in [0.15, 0.2) is 0 Å². The van der Waals surface area contributed by atoms with Crippen molar-refractivity contribution >= 4 is 45.8 Å². The Bertz CT molecular complexity index is 1460. The highest BCUT2D eigenvalue weighted by molar-refractivity contribution is 7.84. The summed E-state index contributed by atoms with van der Waals surface area (Å²) in [6.07, 6.45) is 4.97. The van der Waals surface area contributed by atoms with Crippen LogP contribution in [0.5, 0.6) is 0 Å². The third kappa shape index (κ3) is 5.52. The summed E-state index contributed by atoms with van der Waals surface area (Å²) >= 11 is 0. The Morgan fingerprint density at radius 1 is 1.06 bits per heavy atom. The van der Waals surface area contributed by atoms with E-state index < -0.39 is 21.5 Å². The van der Waals surface area contributed by atoms with E-state index in [2.05, 4.69) is 10.5 Å². The first-order chi connectivity index (χ1) is 17.2. The van der Waals surface area contributed by atoms with Gasteiger partial charge in [-0.2, -0.15) is 5.10 Å². The van der Waals surface area contributed by atoms with Crippen molar-refractivity contribution in [2.24, 2.45) is 5.10 Å². The molecule has 7 nitrogen and oxygen atoms in total. The van der Waals surface area contributed by atoms with Crippen molar-refractivity contribution in [2.75, 3.05) is 6.26 Å². The number of hydrazone groups is 1. The zero-order valence-electron chi connectivity index (χ0n) is 19.5. The smallest absolute Gasteiger partial charge is 0.269 e. The number of fused-ring (bicyclic) bond motifs is 1. The SMILES string of the molecule is CC1=C(CC(=O)NN=Cc2ccc([N+](=O)[O-])cc2)c2cc(F)ccc2/C1=C\c1ccc(S(C)=O)cc1. The lowest BCUT2D eigenvalue weighted by Gasteiger charge is -2.06. The number of hydrogen-bond acceptors (Lipinski definition) is 5. The molecule has 3 aromatic carbocycles. The van der Waals surface area contributed by atoms with Gasteiger partial charge in [0, 0.05) is 34.1 Å². The Kier molecular flexibility index (Phi) is 7.30. The van der Waals surface area contributed by atoms with Crippen LogP contribution in [0.3, 0.4) is 0 Å². The summed E-state index contributed by atoms with van der Waals surface area (Å²) in [6, 6.07) is 17.6. The minimum absolute atomic E-state index is 0.00895. The van der Waals surface area contributed by atoms with Crippen LogP contribution in [0, 0.1) is 15.9 Å². The topological polar surface area (TPSA) is 102 Å². The number of allylic oxidation sites excluding steroid dienone is 2. The van der Waals surface area contributed by atoms with Crippen LogP contribution in [0.25, 0.3) is 17.2 Å². The predicted molar refractivity (Wildman–Crippen MR) is 139 cm³/mol. The minimum atomic E-state index is -1.07. The lowest BCUT2D eigenvalue weighted by atomic mass is 10.0. The Morgan fingerprint density at radius 2 is 1.72 bits per heavy atom. The molecule has 1 aliphatic carbocycles. The zero-order valence-corrected chi connectivity index (χ0v) is 20.3. The fourth-order valence-electron chi connectivity index (χ4n) is 3.96. The van der Waals surface area contributed by atoms with Crippen molar-refractivity contribution in [3.8, 4) is 0 Å². The molecule has 0 saturated carbocycles. The molecule has 0 fully saturated rings. The molecule has 1 N–H and O–H groups in total. The molecule has 4 rings (SSSR count). The van der Waals surface area contributed by atoms with Crippen molar-refractivity contribution in [1.29, 1.82) is 0 Å². The van der Waals surface area contributed by atoms with Crippen molar-refractivity contribution in [3.63, 3.8) is 0 Å². The summed E-state index contributed by atoms with van der Waals surface area (Å²) in [7, 11) is -1.07. The Labute approximate surface area is 209 Å². The molecule has 0 aromatic heterocycles. The summed E-state index contributed by atoms with van der Waals surface area (Å²) in [5, 5.41) is 14.7. The summed E-state index contributed by atoms with van der Waals surface area (Å²) in [6.45, 7) is 1.89. The molecular weight excluding hydrogens is 481 g/mol. The highest BCUT2D eigenvalue weighted by Crippen LogP contribution is 2.43. The quantitative estimate of drug-likeness (QED) is 0.267. The third-order valence-electron chi connectivity index (χ3n) is 5.82. The van der Waals surface area contributed by atoms with Gasteiger partial charge in [0.1, 0.15) is 5.82 Å². The van der Waals surface area contributed by atoms with Gasteiger partial charge in [0.25, 0.3) is 5.69 Å². The first kappa shape index (κ1) is 24.9. The minimum Gasteiger partial charge on any atom is -0.273 e. The summed E-state index contributed by atoms with van der Waals surface area (Å²) in [5.41, 5.74) is 7.83. The number of non-ortho nitro benzene ring substituents is 1. The third-order valence-corrected chi connectivity index (χ3v) is 6.76. The second kappa shape index (κ2) is 10.6. The van der Waals surface area contributed by atoms with E-state index in [1.807, 2.05) is 25.1 Å². The Hall–Kier alpha value is -4.24. The average molecular weight is 504 g/mol. The van der Waals surface area contributed by atoms with E-state index in [0.717, 1.165) is 27.2 Å². The zero-order chi connectivity index (χ0) is 25.8. The number of halogens is 1. The molecule has 1 unspecified atom stereocenters. The van der Waals surface area contributed by atoms with Gasteiger partial charge in [-0.05, 0) is 88.4 Å². The van der Waals surface area contributed by atoms with Crippen LogP contribution >= 0.6 is 0 Å². The molecule has 9 heteroatoms. The van der Waals surface area contributed by atoms with Gasteiger partial charge in [-0.25, -0.2) is 9.82 Å². The lowest BCUT2D eigenvalue weighted by Crippen LogP contribution is -2.17. The predicted octanol–water partition coefficient (Wildman–Crippen LogP) is 5.34. The molecule has 1 atom stereocenters. The van der Waals surface area contributed by atoms with E-state index in [4.69, 9.17) is 0 Å². The Balaban J connectivity index is 1.55. The van der Waals surface area contributed by atoms with E-state index in [-0.39, 0.29) is 18.0 Å². The van der Waals surface area contributed by atoms with E-state index in [1.54, 1.807) is 24.5 Å². The van der Waals surface area contributed by atoms with Crippen molar-refractivity contribution in [2.45, 2.75) is 18.2 Å². The van der Waals surface area contributed by atoms with E-state index in [0.29, 0.717) is 16.7 Å². The van der Waals surface area contributed by atoms with Gasteiger partial charge >= 0.3 is 0 Å². The number of nitrogens with zero attached hydrogens (tertiary/aromatic N) is 2. The average Bonchev–Trinajstić information content (AvgIpc) is 3.09. The number of rotatable bonds is 7. The molecule has 1 aliphatic rings. The van der Waals surface area contributed by atoms with Crippen molar-refractivity contribution in [1.82, 2.24) is 5.43 Å². The summed E-state index contributed by atoms with van der Waals surface area (Å²) in [5.74, 6) is -0.777. The lowest BCUT2D eigenvalue weighted by molar-refractivity contribution is -0.384. The van der Waals surface area contributed by atoms with Gasteiger partial charge in [0.2, 0.25) is 5.91 Å². The van der Waals surface area contributed by atoms with Crippen molar-refractivity contribution < 1.29 is 18.3 Å². The van der Waals surface area contributed by atoms with Gasteiger partial charge in [0.05, 0.1) is 17.6 Å². The summed E-state index contributed by atoms with van der Waals surface area (Å²) < 4.78 is 25.8. The number of amides is 1. The van der Waals surface area contributed by atoms with Crippen LogP contribution in [0.2, 0.25) is 0 Å². The van der Waals surface area contributed by atoms with Gasteiger partial charge in [-0.3, -0.25) is 19.1 Å². The molecule has 1 amide bonds. The number of carbonyl (C=O) groups excluding carboxylic acids is 1. The molecule has 0 bridgehead atoms. The molecule has 36 heavy (non-hydrogen) atoms. The molecule has 0 saturated heterocycles. The second-order valence-electron chi connectivity index (χ2n) is 8.19. The van der Waals surface area contributed by atoms with Crippen LogP contribution in [0.15, 0.2) is 82.3 Å². The molecule has 3 aromatic rings. The first-order valence-electron chi connectivity index (χ1n) is 10.9. The van der Waals surface area contributed by atoms with Crippen LogP contribution in [-0.4, -0.2) is 27.5 Å². The molecule has 182 valence electrons.